The van der Waals surface area contributed by atoms with E-state index in [-0.39, 0.29) is 11.5 Å². The van der Waals surface area contributed by atoms with E-state index in [1.54, 1.807) is 0 Å². The average molecular weight is 206 g/mol. The Kier molecular flexibility index (Phi) is 2.51. The fraction of sp³-hybridized carbons (Fsp3) is 0.857. The monoisotopic (exact) mass is 206 g/mol. The molecule has 1 unspecified atom stereocenters. The quantitative estimate of drug-likeness (QED) is 0.505. The molecule has 0 spiro atoms. The fourth-order valence-corrected chi connectivity index (χ4v) is 2.67. The minimum atomic E-state index is -1.11. The van der Waals surface area contributed by atoms with Crippen LogP contribution in [0.5, 0.6) is 0 Å². The van der Waals surface area contributed by atoms with E-state index in [1.807, 2.05) is 6.92 Å². The lowest BCUT2D eigenvalue weighted by Gasteiger charge is -2.46. The van der Waals surface area contributed by atoms with Crippen molar-refractivity contribution < 1.29 is 23.1 Å². The van der Waals surface area contributed by atoms with Gasteiger partial charge in [0.2, 0.25) is 0 Å². The molecule has 74 valence electrons. The number of hydrogen-bond acceptors (Lipinski definition) is 5. The Morgan fingerprint density at radius 3 is 2.38 bits per heavy atom. The normalized spacial score (nSPS) is 39.9. The minimum Gasteiger partial charge on any atom is -0.464 e. The number of carbonyl (C=O) groups is 1. The van der Waals surface area contributed by atoms with Gasteiger partial charge in [-0.2, -0.15) is 0 Å². The first kappa shape index (κ1) is 9.34. The van der Waals surface area contributed by atoms with Gasteiger partial charge in [-0.3, -0.25) is 4.79 Å². The maximum Gasteiger partial charge on any atom is 0.332 e. The van der Waals surface area contributed by atoms with Crippen molar-refractivity contribution in [1.29, 1.82) is 0 Å². The van der Waals surface area contributed by atoms with Crippen LogP contribution in [0.25, 0.3) is 0 Å². The van der Waals surface area contributed by atoms with E-state index in [1.165, 1.54) is 0 Å². The standard InChI is InChI=1S/C7H11O5P/c1-6(9-5-8)7-2-10-13(11-3-7)12-4-7/h5-6H,2-4H2,1H3. The molecule has 0 radical (unpaired) electrons. The van der Waals surface area contributed by atoms with Gasteiger partial charge in [-0.1, -0.05) is 0 Å². The van der Waals surface area contributed by atoms with Gasteiger partial charge in [-0.05, 0) is 6.92 Å². The lowest BCUT2D eigenvalue weighted by molar-refractivity contribution is -0.160. The Bertz CT molecular complexity index is 187. The van der Waals surface area contributed by atoms with Crippen molar-refractivity contribution >= 4 is 15.1 Å². The van der Waals surface area contributed by atoms with E-state index >= 15 is 0 Å². The first-order chi connectivity index (χ1) is 6.27. The van der Waals surface area contributed by atoms with Crippen LogP contribution < -0.4 is 0 Å². The predicted molar refractivity (Wildman–Crippen MR) is 43.8 cm³/mol. The second-order valence-corrected chi connectivity index (χ2v) is 4.50. The zero-order chi connectivity index (χ0) is 9.31. The minimum absolute atomic E-state index is 0.234. The van der Waals surface area contributed by atoms with Gasteiger partial charge < -0.3 is 18.3 Å². The molecule has 0 amide bonds. The van der Waals surface area contributed by atoms with Crippen LogP contribution in [0.2, 0.25) is 0 Å². The Balaban J connectivity index is 2.05. The van der Waals surface area contributed by atoms with Crippen LogP contribution in [0.1, 0.15) is 6.92 Å². The van der Waals surface area contributed by atoms with Crippen LogP contribution in [0.15, 0.2) is 0 Å². The Labute approximate surface area is 77.3 Å². The van der Waals surface area contributed by atoms with Crippen molar-refractivity contribution in [3.05, 3.63) is 0 Å². The van der Waals surface area contributed by atoms with Gasteiger partial charge in [0.15, 0.2) is 0 Å². The van der Waals surface area contributed by atoms with Crippen molar-refractivity contribution in [1.82, 2.24) is 0 Å². The smallest absolute Gasteiger partial charge is 0.332 e. The molecule has 3 saturated heterocycles. The third-order valence-electron chi connectivity index (χ3n) is 2.49. The molecule has 3 heterocycles. The largest absolute Gasteiger partial charge is 0.464 e. The van der Waals surface area contributed by atoms with Gasteiger partial charge in [-0.15, -0.1) is 0 Å². The molecule has 0 aromatic rings. The van der Waals surface area contributed by atoms with Gasteiger partial charge in [0, 0.05) is 0 Å². The third-order valence-corrected chi connectivity index (χ3v) is 3.51. The van der Waals surface area contributed by atoms with Crippen LogP contribution in [0, 0.1) is 5.41 Å². The summed E-state index contributed by atoms with van der Waals surface area (Å²) in [7, 11) is -1.11. The highest BCUT2D eigenvalue weighted by Gasteiger charge is 2.49. The Hall–Kier alpha value is -0.220. The SMILES string of the molecule is CC(OC=O)C12COP(OC1)OC2. The zero-order valence-corrected chi connectivity index (χ0v) is 8.16. The van der Waals surface area contributed by atoms with Gasteiger partial charge in [0.1, 0.15) is 6.10 Å². The summed E-state index contributed by atoms with van der Waals surface area (Å²) in [5.41, 5.74) is -0.308. The first-order valence-electron chi connectivity index (χ1n) is 4.05. The van der Waals surface area contributed by atoms with E-state index in [2.05, 4.69) is 0 Å². The molecule has 5 nitrogen and oxygen atoms in total. The van der Waals surface area contributed by atoms with E-state index < -0.39 is 8.60 Å². The Morgan fingerprint density at radius 1 is 1.38 bits per heavy atom. The van der Waals surface area contributed by atoms with Gasteiger partial charge in [-0.25, -0.2) is 0 Å². The second-order valence-electron chi connectivity index (χ2n) is 3.28. The lowest BCUT2D eigenvalue weighted by Crippen LogP contribution is -2.51. The summed E-state index contributed by atoms with van der Waals surface area (Å²) in [6.07, 6.45) is -0.234. The molecule has 0 aromatic heterocycles. The lowest BCUT2D eigenvalue weighted by atomic mass is 9.85. The molecule has 0 N–H and O–H groups in total. The molecule has 0 aliphatic carbocycles. The summed E-state index contributed by atoms with van der Waals surface area (Å²) in [6, 6.07) is 0. The molecule has 0 aromatic carbocycles. The molecular weight excluding hydrogens is 195 g/mol. The highest BCUT2D eigenvalue weighted by Crippen LogP contribution is 2.54. The van der Waals surface area contributed by atoms with Crippen molar-refractivity contribution in [2.24, 2.45) is 5.41 Å². The van der Waals surface area contributed by atoms with Crippen LogP contribution in [-0.4, -0.2) is 32.4 Å². The number of rotatable bonds is 3. The van der Waals surface area contributed by atoms with E-state index in [0.717, 1.165) is 0 Å². The third kappa shape index (κ3) is 1.57. The van der Waals surface area contributed by atoms with Crippen molar-refractivity contribution in [3.63, 3.8) is 0 Å². The second kappa shape index (κ2) is 3.50. The van der Waals surface area contributed by atoms with E-state index in [9.17, 15) is 4.79 Å². The molecule has 2 bridgehead atoms. The molecule has 3 rings (SSSR count). The number of ether oxygens (including phenoxy) is 1. The van der Waals surface area contributed by atoms with E-state index in [4.69, 9.17) is 18.3 Å². The van der Waals surface area contributed by atoms with Crippen molar-refractivity contribution in [2.75, 3.05) is 19.8 Å². The maximum atomic E-state index is 10.2. The summed E-state index contributed by atoms with van der Waals surface area (Å²) in [5, 5.41) is 0. The first-order valence-corrected chi connectivity index (χ1v) is 5.14. The molecule has 13 heavy (non-hydrogen) atoms. The van der Waals surface area contributed by atoms with Gasteiger partial charge in [0.05, 0.1) is 25.2 Å². The molecule has 0 saturated carbocycles. The topological polar surface area (TPSA) is 54.0 Å². The Morgan fingerprint density at radius 2 is 1.92 bits per heavy atom. The molecular formula is C7H11O5P. The fourth-order valence-electron chi connectivity index (χ4n) is 1.36. The molecule has 6 heteroatoms. The summed E-state index contributed by atoms with van der Waals surface area (Å²) >= 11 is 0. The van der Waals surface area contributed by atoms with Crippen LogP contribution in [0.4, 0.5) is 0 Å². The van der Waals surface area contributed by atoms with Gasteiger partial charge >= 0.3 is 8.60 Å². The summed E-state index contributed by atoms with van der Waals surface area (Å²) < 4.78 is 20.7. The zero-order valence-electron chi connectivity index (χ0n) is 7.26. The number of carbonyl (C=O) groups excluding carboxylic acids is 1. The number of fused-ring (bicyclic) bond motifs is 3. The molecule has 1 atom stereocenters. The summed E-state index contributed by atoms with van der Waals surface area (Å²) in [5.74, 6) is 0. The number of hydrogen-bond donors (Lipinski definition) is 0. The van der Waals surface area contributed by atoms with Crippen LogP contribution >= 0.6 is 8.60 Å². The van der Waals surface area contributed by atoms with Crippen molar-refractivity contribution in [2.45, 2.75) is 13.0 Å². The highest BCUT2D eigenvalue weighted by atomic mass is 31.2. The molecule has 3 aliphatic heterocycles. The van der Waals surface area contributed by atoms with Crippen LogP contribution in [0.3, 0.4) is 0 Å². The highest BCUT2D eigenvalue weighted by molar-refractivity contribution is 7.41. The van der Waals surface area contributed by atoms with Crippen LogP contribution in [-0.2, 0) is 23.1 Å². The average Bonchev–Trinajstić information content (AvgIpc) is 2.21. The molecule has 3 fully saturated rings. The van der Waals surface area contributed by atoms with E-state index in [0.29, 0.717) is 26.3 Å². The predicted octanol–water partition coefficient (Wildman–Crippen LogP) is 0.838. The maximum absolute atomic E-state index is 10.2. The summed E-state index contributed by atoms with van der Waals surface area (Å²) in [6.45, 7) is 3.92. The summed E-state index contributed by atoms with van der Waals surface area (Å²) in [4.78, 5) is 10.2. The van der Waals surface area contributed by atoms with Gasteiger partial charge in [0.25, 0.3) is 6.47 Å². The van der Waals surface area contributed by atoms with Crippen molar-refractivity contribution in [3.8, 4) is 0 Å². The molecule has 3 aliphatic rings.